The molecule has 1 fully saturated rings. The van der Waals surface area contributed by atoms with E-state index >= 15 is 0 Å². The summed E-state index contributed by atoms with van der Waals surface area (Å²) in [6.45, 7) is 0.169. The van der Waals surface area contributed by atoms with E-state index in [1.165, 1.54) is 17.2 Å². The Morgan fingerprint density at radius 2 is 2.00 bits per heavy atom. The zero-order valence-electron chi connectivity index (χ0n) is 15.9. The lowest BCUT2D eigenvalue weighted by molar-refractivity contribution is -0.0511. The molecule has 14 heteroatoms. The van der Waals surface area contributed by atoms with Gasteiger partial charge in [-0.3, -0.25) is 4.57 Å². The molecule has 0 aromatic carbocycles. The van der Waals surface area contributed by atoms with E-state index in [1.807, 2.05) is 4.57 Å². The van der Waals surface area contributed by atoms with Crippen molar-refractivity contribution in [2.75, 3.05) is 12.4 Å². The summed E-state index contributed by atoms with van der Waals surface area (Å²) in [6.07, 6.45) is 1.91. The number of imidazole rings is 2. The average Bonchev–Trinajstić information content (AvgIpc) is 3.49. The number of nitrogens with one attached hydrogen (secondary N) is 1. The summed E-state index contributed by atoms with van der Waals surface area (Å²) in [4.78, 5) is 24.3. The molecule has 4 aromatic heterocycles. The van der Waals surface area contributed by atoms with Crippen LogP contribution in [0.2, 0.25) is 0 Å². The Bertz CT molecular complexity index is 1290. The Kier molecular flexibility index (Phi) is 5.41. The van der Waals surface area contributed by atoms with Crippen molar-refractivity contribution < 1.29 is 20.1 Å². The van der Waals surface area contributed by atoms with Gasteiger partial charge in [0.15, 0.2) is 17.5 Å². The summed E-state index contributed by atoms with van der Waals surface area (Å²) in [5.74, 6) is 0.683. The minimum atomic E-state index is -1.22. The van der Waals surface area contributed by atoms with Crippen molar-refractivity contribution in [3.8, 4) is 0 Å². The smallest absolute Gasteiger partial charge is 0.181 e. The monoisotopic (exact) mass is 462 g/mol. The molecule has 0 radical (unpaired) electrons. The third kappa shape index (κ3) is 3.50. The number of aliphatic hydroxyl groups excluding tert-OH is 3. The zero-order valence-corrected chi connectivity index (χ0v) is 17.6. The molecule has 4 unspecified atom stereocenters. The first-order chi connectivity index (χ1) is 15.1. The fourth-order valence-corrected chi connectivity index (χ4v) is 4.67. The van der Waals surface area contributed by atoms with Crippen LogP contribution in [0.4, 0.5) is 0 Å². The molecule has 0 saturated carbocycles. The first-order valence-electron chi connectivity index (χ1n) is 9.39. The fraction of sp³-hybridized carbons (Fsp3) is 0.412. The predicted octanol–water partition coefficient (Wildman–Crippen LogP) is 0.0324. The third-order valence-electron chi connectivity index (χ3n) is 5.10. The number of aromatic amines is 1. The summed E-state index contributed by atoms with van der Waals surface area (Å²) in [6, 6.07) is 0. The van der Waals surface area contributed by atoms with Crippen LogP contribution in [0.3, 0.4) is 0 Å². The average molecular weight is 463 g/mol. The molecule has 4 atom stereocenters. The van der Waals surface area contributed by atoms with Gasteiger partial charge < -0.3 is 29.6 Å². The largest absolute Gasteiger partial charge is 0.394 e. The molecule has 0 amide bonds. The molecule has 0 spiro atoms. The van der Waals surface area contributed by atoms with E-state index in [2.05, 4.69) is 29.9 Å². The molecule has 1 saturated heterocycles. The minimum absolute atomic E-state index is 0.407. The number of aromatic nitrogens is 8. The van der Waals surface area contributed by atoms with Crippen molar-refractivity contribution in [3.05, 3.63) is 29.9 Å². The van der Waals surface area contributed by atoms with Crippen LogP contribution in [-0.2, 0) is 11.3 Å². The summed E-state index contributed by atoms with van der Waals surface area (Å²) in [7, 11) is 0. The predicted molar refractivity (Wildman–Crippen MR) is 112 cm³/mol. The number of aliphatic hydroxyl groups is 3. The maximum atomic E-state index is 10.3. The van der Waals surface area contributed by atoms with E-state index in [1.54, 1.807) is 24.4 Å². The minimum Gasteiger partial charge on any atom is -0.394 e. The summed E-state index contributed by atoms with van der Waals surface area (Å²) < 4.78 is 9.39. The second kappa shape index (κ2) is 8.22. The number of rotatable bonds is 6. The third-order valence-corrected chi connectivity index (χ3v) is 6.50. The van der Waals surface area contributed by atoms with E-state index in [4.69, 9.17) is 17.0 Å². The Morgan fingerprint density at radius 1 is 1.13 bits per heavy atom. The van der Waals surface area contributed by atoms with Gasteiger partial charge in [-0.05, 0) is 0 Å². The van der Waals surface area contributed by atoms with Gasteiger partial charge in [0, 0.05) is 12.3 Å². The van der Waals surface area contributed by atoms with Crippen LogP contribution in [0.25, 0.3) is 22.3 Å². The van der Waals surface area contributed by atoms with Crippen molar-refractivity contribution in [2.45, 2.75) is 36.1 Å². The summed E-state index contributed by atoms with van der Waals surface area (Å²) >= 11 is 7.12. The highest BCUT2D eigenvalue weighted by Gasteiger charge is 2.43. The number of thioether (sulfide) groups is 1. The van der Waals surface area contributed by atoms with Crippen LogP contribution in [0.1, 0.15) is 6.23 Å². The number of fused-ring (bicyclic) bond motifs is 2. The highest BCUT2D eigenvalue weighted by atomic mass is 32.2. The lowest BCUT2D eigenvalue weighted by Gasteiger charge is -2.16. The number of aryl methyl sites for hydroxylation is 1. The van der Waals surface area contributed by atoms with Gasteiger partial charge >= 0.3 is 0 Å². The van der Waals surface area contributed by atoms with Crippen molar-refractivity contribution in [1.29, 1.82) is 0 Å². The van der Waals surface area contributed by atoms with Crippen LogP contribution < -0.4 is 0 Å². The molecular formula is C17H18N8O4S2. The Hall–Kier alpha value is -2.49. The molecule has 12 nitrogen and oxygen atoms in total. The molecular weight excluding hydrogens is 444 g/mol. The van der Waals surface area contributed by atoms with Crippen LogP contribution in [0, 0.1) is 4.64 Å². The van der Waals surface area contributed by atoms with E-state index in [9.17, 15) is 15.3 Å². The van der Waals surface area contributed by atoms with Crippen molar-refractivity contribution in [1.82, 2.24) is 39.0 Å². The number of nitrogens with zero attached hydrogens (tertiary/aromatic N) is 7. The Balaban J connectivity index is 1.35. The van der Waals surface area contributed by atoms with E-state index in [0.717, 1.165) is 10.5 Å². The maximum Gasteiger partial charge on any atom is 0.181 e. The quantitative estimate of drug-likeness (QED) is 0.174. The second-order valence-corrected chi connectivity index (χ2v) is 8.39. The van der Waals surface area contributed by atoms with Gasteiger partial charge in [0.25, 0.3) is 0 Å². The van der Waals surface area contributed by atoms with Gasteiger partial charge in [-0.2, -0.15) is 0 Å². The van der Waals surface area contributed by atoms with Crippen molar-refractivity contribution in [3.63, 3.8) is 0 Å². The molecule has 1 aliphatic heterocycles. The SMILES string of the molecule is OCC1OC(n2cnc3c(=S)n(CCSc4ncnc5nc[nH]c45)cnc32)C(O)C1O. The number of hydrogen-bond acceptors (Lipinski definition) is 11. The van der Waals surface area contributed by atoms with E-state index < -0.39 is 31.1 Å². The molecule has 5 rings (SSSR count). The zero-order chi connectivity index (χ0) is 21.5. The van der Waals surface area contributed by atoms with Crippen molar-refractivity contribution in [2.24, 2.45) is 0 Å². The van der Waals surface area contributed by atoms with E-state index in [0.29, 0.717) is 33.7 Å². The Morgan fingerprint density at radius 3 is 2.81 bits per heavy atom. The molecule has 31 heavy (non-hydrogen) atoms. The maximum absolute atomic E-state index is 10.3. The van der Waals surface area contributed by atoms with Gasteiger partial charge in [-0.25, -0.2) is 24.9 Å². The van der Waals surface area contributed by atoms with Crippen LogP contribution in [0.5, 0.6) is 0 Å². The van der Waals surface area contributed by atoms with Gasteiger partial charge in [0.1, 0.15) is 45.3 Å². The highest BCUT2D eigenvalue weighted by molar-refractivity contribution is 7.99. The topological polar surface area (TPSA) is 160 Å². The number of ether oxygens (including phenoxy) is 1. The molecule has 1 aliphatic rings. The molecule has 5 heterocycles. The first-order valence-corrected chi connectivity index (χ1v) is 10.8. The molecule has 4 aromatic rings. The lowest BCUT2D eigenvalue weighted by Crippen LogP contribution is -2.33. The van der Waals surface area contributed by atoms with Crippen LogP contribution >= 0.6 is 24.0 Å². The fourth-order valence-electron chi connectivity index (χ4n) is 3.49. The number of H-pyrrole nitrogens is 1. The van der Waals surface area contributed by atoms with Crippen LogP contribution in [-0.4, -0.2) is 85.0 Å². The Labute approximate surface area is 184 Å². The van der Waals surface area contributed by atoms with Crippen LogP contribution in [0.15, 0.2) is 30.3 Å². The van der Waals surface area contributed by atoms with Gasteiger partial charge in [0.05, 0.1) is 25.6 Å². The summed E-state index contributed by atoms with van der Waals surface area (Å²) in [5, 5.41) is 30.4. The second-order valence-electron chi connectivity index (χ2n) is 6.92. The molecule has 0 bridgehead atoms. The van der Waals surface area contributed by atoms with Gasteiger partial charge in [0.2, 0.25) is 0 Å². The summed E-state index contributed by atoms with van der Waals surface area (Å²) in [5.41, 5.74) is 2.33. The normalized spacial score (nSPS) is 23.8. The van der Waals surface area contributed by atoms with E-state index in [-0.39, 0.29) is 0 Å². The molecule has 0 aliphatic carbocycles. The molecule has 4 N–H and O–H groups in total. The molecule has 162 valence electrons. The number of hydrogen-bond donors (Lipinski definition) is 4. The van der Waals surface area contributed by atoms with Gasteiger partial charge in [-0.1, -0.05) is 12.2 Å². The lowest BCUT2D eigenvalue weighted by atomic mass is 10.1. The van der Waals surface area contributed by atoms with Crippen molar-refractivity contribution >= 4 is 46.3 Å². The van der Waals surface area contributed by atoms with Gasteiger partial charge in [-0.15, -0.1) is 11.8 Å². The standard InChI is InChI=1S/C17H18N8O4S2/c26-3-8-11(27)12(28)16(29-8)25-7-22-10-14(25)23-6-24(17(10)30)1-2-31-15-9-13(19-4-18-9)20-5-21-15/h4-8,11-12,16,26-28H,1-3H2,(H,18,19,20,21). The highest BCUT2D eigenvalue weighted by Crippen LogP contribution is 2.31. The first kappa shape index (κ1) is 20.4.